The van der Waals surface area contributed by atoms with E-state index in [1.165, 1.54) is 6.07 Å². The van der Waals surface area contributed by atoms with E-state index < -0.39 is 0 Å². The fourth-order valence-electron chi connectivity index (χ4n) is 1.72. The Bertz CT molecular complexity index is 584. The molecule has 0 aromatic heterocycles. The van der Waals surface area contributed by atoms with Gasteiger partial charge in [-0.05, 0) is 52.7 Å². The SMILES string of the molecule is CC(Nc1c(Cl)cccc1Cl)c1ccc(F)c(Br)c1. The summed E-state index contributed by atoms with van der Waals surface area (Å²) in [5, 5.41) is 4.35. The Morgan fingerprint density at radius 1 is 1.16 bits per heavy atom. The van der Waals surface area contributed by atoms with Gasteiger partial charge in [0, 0.05) is 6.04 Å². The van der Waals surface area contributed by atoms with Crippen LogP contribution in [0.1, 0.15) is 18.5 Å². The third-order valence-corrected chi connectivity index (χ3v) is 4.00. The lowest BCUT2D eigenvalue weighted by atomic mass is 10.1. The van der Waals surface area contributed by atoms with Gasteiger partial charge in [-0.2, -0.15) is 0 Å². The molecule has 0 aliphatic rings. The van der Waals surface area contributed by atoms with Crippen molar-refractivity contribution in [3.8, 4) is 0 Å². The molecule has 0 fully saturated rings. The Morgan fingerprint density at radius 3 is 2.37 bits per heavy atom. The van der Waals surface area contributed by atoms with Crippen LogP contribution < -0.4 is 5.32 Å². The van der Waals surface area contributed by atoms with Crippen LogP contribution in [0.2, 0.25) is 10.0 Å². The van der Waals surface area contributed by atoms with Gasteiger partial charge in [0.1, 0.15) is 5.82 Å². The zero-order chi connectivity index (χ0) is 14.0. The van der Waals surface area contributed by atoms with Gasteiger partial charge in [0.2, 0.25) is 0 Å². The number of anilines is 1. The standard InChI is InChI=1S/C14H11BrCl2FN/c1-8(9-5-6-13(18)10(15)7-9)19-14-11(16)3-2-4-12(14)17/h2-8,19H,1H3. The molecule has 0 spiro atoms. The van der Waals surface area contributed by atoms with Crippen LogP contribution in [-0.4, -0.2) is 0 Å². The van der Waals surface area contributed by atoms with Crippen molar-refractivity contribution in [3.05, 3.63) is 62.3 Å². The number of para-hydroxylation sites is 1. The molecule has 100 valence electrons. The topological polar surface area (TPSA) is 12.0 Å². The number of hydrogen-bond donors (Lipinski definition) is 1. The smallest absolute Gasteiger partial charge is 0.137 e. The maximum Gasteiger partial charge on any atom is 0.137 e. The van der Waals surface area contributed by atoms with Crippen molar-refractivity contribution >= 4 is 44.8 Å². The van der Waals surface area contributed by atoms with Crippen LogP contribution in [-0.2, 0) is 0 Å². The molecule has 5 heteroatoms. The molecule has 1 unspecified atom stereocenters. The van der Waals surface area contributed by atoms with Gasteiger partial charge in [0.15, 0.2) is 0 Å². The van der Waals surface area contributed by atoms with Gasteiger partial charge in [-0.3, -0.25) is 0 Å². The molecule has 2 rings (SSSR count). The minimum atomic E-state index is -0.285. The van der Waals surface area contributed by atoms with Crippen molar-refractivity contribution in [1.29, 1.82) is 0 Å². The van der Waals surface area contributed by atoms with E-state index in [4.69, 9.17) is 23.2 Å². The second kappa shape index (κ2) is 6.12. The molecule has 0 aliphatic heterocycles. The van der Waals surface area contributed by atoms with Crippen LogP contribution in [0.5, 0.6) is 0 Å². The van der Waals surface area contributed by atoms with Crippen LogP contribution in [0.25, 0.3) is 0 Å². The summed E-state index contributed by atoms with van der Waals surface area (Å²) in [4.78, 5) is 0. The van der Waals surface area contributed by atoms with Crippen molar-refractivity contribution < 1.29 is 4.39 Å². The first-order valence-electron chi connectivity index (χ1n) is 5.64. The van der Waals surface area contributed by atoms with Crippen molar-refractivity contribution in [2.24, 2.45) is 0 Å². The minimum absolute atomic E-state index is 0.0469. The van der Waals surface area contributed by atoms with E-state index in [9.17, 15) is 4.39 Å². The van der Waals surface area contributed by atoms with Crippen LogP contribution in [0, 0.1) is 5.82 Å². The Labute approximate surface area is 129 Å². The summed E-state index contributed by atoms with van der Waals surface area (Å²) in [6.45, 7) is 1.96. The Morgan fingerprint density at radius 2 is 1.79 bits per heavy atom. The summed E-state index contributed by atoms with van der Waals surface area (Å²) in [5.41, 5.74) is 1.61. The summed E-state index contributed by atoms with van der Waals surface area (Å²) in [6.07, 6.45) is 0. The van der Waals surface area contributed by atoms with Gasteiger partial charge in [0.05, 0.1) is 20.2 Å². The molecular formula is C14H11BrCl2FN. The summed E-state index contributed by atoms with van der Waals surface area (Å²) in [6, 6.07) is 10.2. The molecule has 0 heterocycles. The van der Waals surface area contributed by atoms with Crippen molar-refractivity contribution in [2.45, 2.75) is 13.0 Å². The van der Waals surface area contributed by atoms with E-state index in [1.54, 1.807) is 30.3 Å². The predicted molar refractivity (Wildman–Crippen MR) is 82.6 cm³/mol. The van der Waals surface area contributed by atoms with Gasteiger partial charge >= 0.3 is 0 Å². The van der Waals surface area contributed by atoms with Crippen molar-refractivity contribution in [2.75, 3.05) is 5.32 Å². The van der Waals surface area contributed by atoms with Crippen molar-refractivity contribution in [1.82, 2.24) is 0 Å². The first kappa shape index (κ1) is 14.6. The maximum absolute atomic E-state index is 13.2. The second-order valence-electron chi connectivity index (χ2n) is 4.14. The van der Waals surface area contributed by atoms with Gasteiger partial charge < -0.3 is 5.32 Å². The van der Waals surface area contributed by atoms with E-state index in [0.29, 0.717) is 20.2 Å². The highest BCUT2D eigenvalue weighted by molar-refractivity contribution is 9.10. The highest BCUT2D eigenvalue weighted by Gasteiger charge is 2.12. The Hall–Kier alpha value is -0.770. The van der Waals surface area contributed by atoms with Gasteiger partial charge in [-0.15, -0.1) is 0 Å². The van der Waals surface area contributed by atoms with Gasteiger partial charge in [0.25, 0.3) is 0 Å². The summed E-state index contributed by atoms with van der Waals surface area (Å²) in [5.74, 6) is -0.285. The van der Waals surface area contributed by atoms with Crippen LogP contribution in [0.4, 0.5) is 10.1 Å². The normalized spacial score (nSPS) is 12.3. The zero-order valence-electron chi connectivity index (χ0n) is 10.1. The molecule has 0 saturated heterocycles. The molecule has 19 heavy (non-hydrogen) atoms. The van der Waals surface area contributed by atoms with Crippen LogP contribution >= 0.6 is 39.1 Å². The molecule has 0 bridgehead atoms. The number of benzene rings is 2. The molecule has 1 atom stereocenters. The summed E-state index contributed by atoms with van der Waals surface area (Å²) < 4.78 is 13.6. The molecule has 2 aromatic rings. The average molecular weight is 363 g/mol. The van der Waals surface area contributed by atoms with E-state index in [2.05, 4.69) is 21.2 Å². The monoisotopic (exact) mass is 361 g/mol. The lowest BCUT2D eigenvalue weighted by molar-refractivity contribution is 0.619. The zero-order valence-corrected chi connectivity index (χ0v) is 13.2. The summed E-state index contributed by atoms with van der Waals surface area (Å²) in [7, 11) is 0. The Balaban J connectivity index is 2.25. The van der Waals surface area contributed by atoms with Crippen LogP contribution in [0.15, 0.2) is 40.9 Å². The molecule has 1 nitrogen and oxygen atoms in total. The Kier molecular flexibility index (Phi) is 4.71. The van der Waals surface area contributed by atoms with E-state index >= 15 is 0 Å². The largest absolute Gasteiger partial charge is 0.376 e. The molecule has 0 aliphatic carbocycles. The highest BCUT2D eigenvalue weighted by atomic mass is 79.9. The molecule has 0 amide bonds. The number of hydrogen-bond acceptors (Lipinski definition) is 1. The molecule has 0 saturated carbocycles. The van der Waals surface area contributed by atoms with E-state index in [-0.39, 0.29) is 11.9 Å². The van der Waals surface area contributed by atoms with Crippen molar-refractivity contribution in [3.63, 3.8) is 0 Å². The lowest BCUT2D eigenvalue weighted by Crippen LogP contribution is -2.07. The van der Waals surface area contributed by atoms with Gasteiger partial charge in [-0.1, -0.05) is 35.3 Å². The first-order chi connectivity index (χ1) is 8.99. The molecule has 0 radical (unpaired) electrons. The molecule has 2 aromatic carbocycles. The van der Waals surface area contributed by atoms with E-state index in [1.807, 2.05) is 6.92 Å². The minimum Gasteiger partial charge on any atom is -0.376 e. The maximum atomic E-state index is 13.2. The van der Waals surface area contributed by atoms with E-state index in [0.717, 1.165) is 5.56 Å². The third kappa shape index (κ3) is 3.41. The molecular weight excluding hydrogens is 352 g/mol. The highest BCUT2D eigenvalue weighted by Crippen LogP contribution is 2.33. The second-order valence-corrected chi connectivity index (χ2v) is 5.80. The fraction of sp³-hybridized carbons (Fsp3) is 0.143. The third-order valence-electron chi connectivity index (χ3n) is 2.77. The molecule has 1 N–H and O–H groups in total. The predicted octanol–water partition coefficient (Wildman–Crippen LogP) is 6.07. The fourth-order valence-corrected chi connectivity index (χ4v) is 2.62. The average Bonchev–Trinajstić information content (AvgIpc) is 2.37. The first-order valence-corrected chi connectivity index (χ1v) is 7.19. The lowest BCUT2D eigenvalue weighted by Gasteiger charge is -2.18. The number of rotatable bonds is 3. The van der Waals surface area contributed by atoms with Crippen LogP contribution in [0.3, 0.4) is 0 Å². The number of nitrogens with one attached hydrogen (secondary N) is 1. The number of halogens is 4. The van der Waals surface area contributed by atoms with Gasteiger partial charge in [-0.25, -0.2) is 4.39 Å². The summed E-state index contributed by atoms with van der Waals surface area (Å²) >= 11 is 15.4. The quantitative estimate of drug-likeness (QED) is 0.698.